The summed E-state index contributed by atoms with van der Waals surface area (Å²) in [5, 5.41) is 3.08. The maximum Gasteiger partial charge on any atom is 0.244 e. The first-order valence-corrected chi connectivity index (χ1v) is 12.0. The van der Waals surface area contributed by atoms with Crippen molar-refractivity contribution in [3.05, 3.63) is 87.7 Å². The quantitative estimate of drug-likeness (QED) is 0.352. The predicted octanol–water partition coefficient (Wildman–Crippen LogP) is 4.18. The Labute approximate surface area is 218 Å². The van der Waals surface area contributed by atoms with Crippen LogP contribution in [0.3, 0.4) is 0 Å². The van der Waals surface area contributed by atoms with Gasteiger partial charge in [-0.2, -0.15) is 0 Å². The molecular formula is C29H26N2O7. The van der Waals surface area contributed by atoms with Gasteiger partial charge in [-0.3, -0.25) is 14.4 Å². The summed E-state index contributed by atoms with van der Waals surface area (Å²) in [7, 11) is 3.04. The lowest BCUT2D eigenvalue weighted by atomic mass is 10.0. The number of amides is 1. The standard InChI is InChI=1S/C29H26N2O7/c1-4-17-5-7-18(8-6-17)28(33)21-14-31(22-13-26-25(37-16-38-26)12-20(22)29(21)34)15-27(32)30-19-9-10-23(35-2)24(11-19)36-3/h5-14H,4,15-16H2,1-3H3,(H,30,32). The SMILES string of the molecule is CCc1ccc(C(=O)c2cn(CC(=O)Nc3ccc(OC)c(OC)c3)c3cc4c(cc3c2=O)OCO4)cc1. The van der Waals surface area contributed by atoms with E-state index in [2.05, 4.69) is 5.32 Å². The summed E-state index contributed by atoms with van der Waals surface area (Å²) in [6, 6.07) is 15.4. The Kier molecular flexibility index (Phi) is 6.74. The zero-order valence-corrected chi connectivity index (χ0v) is 21.2. The Morgan fingerprint density at radius 1 is 0.947 bits per heavy atom. The number of pyridine rings is 1. The van der Waals surface area contributed by atoms with Crippen molar-refractivity contribution in [3.8, 4) is 23.0 Å². The van der Waals surface area contributed by atoms with Crippen LogP contribution in [0.5, 0.6) is 23.0 Å². The van der Waals surface area contributed by atoms with Gasteiger partial charge in [-0.25, -0.2) is 0 Å². The molecule has 5 rings (SSSR count). The Bertz CT molecular complexity index is 1610. The first-order chi connectivity index (χ1) is 18.4. The van der Waals surface area contributed by atoms with Gasteiger partial charge < -0.3 is 28.8 Å². The number of aromatic nitrogens is 1. The van der Waals surface area contributed by atoms with E-state index in [0.717, 1.165) is 12.0 Å². The highest BCUT2D eigenvalue weighted by Crippen LogP contribution is 2.35. The number of ether oxygens (including phenoxy) is 4. The molecule has 0 spiro atoms. The highest BCUT2D eigenvalue weighted by atomic mass is 16.7. The molecule has 0 saturated carbocycles. The van der Waals surface area contributed by atoms with Crippen LogP contribution in [0.2, 0.25) is 0 Å². The minimum absolute atomic E-state index is 0.0230. The van der Waals surface area contributed by atoms with Crippen LogP contribution in [-0.2, 0) is 17.8 Å². The molecule has 0 bridgehead atoms. The molecule has 194 valence electrons. The molecule has 0 aliphatic carbocycles. The fourth-order valence-corrected chi connectivity index (χ4v) is 4.39. The number of hydrogen-bond acceptors (Lipinski definition) is 7. The molecule has 9 nitrogen and oxygen atoms in total. The Morgan fingerprint density at radius 3 is 2.34 bits per heavy atom. The van der Waals surface area contributed by atoms with E-state index in [1.165, 1.54) is 20.4 Å². The Hall–Kier alpha value is -4.79. The van der Waals surface area contributed by atoms with E-state index in [-0.39, 0.29) is 30.2 Å². The number of nitrogens with one attached hydrogen (secondary N) is 1. The largest absolute Gasteiger partial charge is 0.493 e. The minimum atomic E-state index is -0.445. The lowest BCUT2D eigenvalue weighted by Gasteiger charge is -2.15. The molecule has 0 radical (unpaired) electrons. The van der Waals surface area contributed by atoms with Crippen LogP contribution in [0.25, 0.3) is 10.9 Å². The molecule has 1 amide bonds. The number of methoxy groups -OCH3 is 2. The third kappa shape index (κ3) is 4.66. The molecule has 0 fully saturated rings. The van der Waals surface area contributed by atoms with Gasteiger partial charge in [0.15, 0.2) is 28.8 Å². The third-order valence-electron chi connectivity index (χ3n) is 6.42. The zero-order valence-electron chi connectivity index (χ0n) is 21.2. The second-order valence-electron chi connectivity index (χ2n) is 8.72. The van der Waals surface area contributed by atoms with E-state index in [9.17, 15) is 14.4 Å². The van der Waals surface area contributed by atoms with E-state index < -0.39 is 11.2 Å². The number of benzene rings is 3. The summed E-state index contributed by atoms with van der Waals surface area (Å²) in [6.45, 7) is 1.88. The van der Waals surface area contributed by atoms with Crippen molar-refractivity contribution in [1.82, 2.24) is 4.57 Å². The van der Waals surface area contributed by atoms with Gasteiger partial charge in [0, 0.05) is 29.6 Å². The molecular weight excluding hydrogens is 488 g/mol. The van der Waals surface area contributed by atoms with Crippen molar-refractivity contribution >= 4 is 28.3 Å². The van der Waals surface area contributed by atoms with Crippen molar-refractivity contribution in [3.63, 3.8) is 0 Å². The van der Waals surface area contributed by atoms with Crippen LogP contribution < -0.4 is 29.7 Å². The molecule has 9 heteroatoms. The van der Waals surface area contributed by atoms with Crippen LogP contribution in [-0.4, -0.2) is 37.3 Å². The van der Waals surface area contributed by atoms with Gasteiger partial charge in [0.25, 0.3) is 0 Å². The topological polar surface area (TPSA) is 105 Å². The van der Waals surface area contributed by atoms with Crippen LogP contribution in [0.4, 0.5) is 5.69 Å². The Morgan fingerprint density at radius 2 is 1.66 bits per heavy atom. The van der Waals surface area contributed by atoms with E-state index in [1.54, 1.807) is 47.0 Å². The fourth-order valence-electron chi connectivity index (χ4n) is 4.39. The van der Waals surface area contributed by atoms with Gasteiger partial charge in [-0.1, -0.05) is 31.2 Å². The normalized spacial score (nSPS) is 11.9. The van der Waals surface area contributed by atoms with Crippen LogP contribution in [0.15, 0.2) is 65.6 Å². The smallest absolute Gasteiger partial charge is 0.244 e. The number of rotatable bonds is 8. The minimum Gasteiger partial charge on any atom is -0.493 e. The predicted molar refractivity (Wildman–Crippen MR) is 142 cm³/mol. The zero-order chi connectivity index (χ0) is 26.8. The average Bonchev–Trinajstić information content (AvgIpc) is 3.41. The first kappa shape index (κ1) is 24.9. The fraction of sp³-hybridized carbons (Fsp3) is 0.207. The van der Waals surface area contributed by atoms with Crippen LogP contribution >= 0.6 is 0 Å². The maximum absolute atomic E-state index is 13.5. The van der Waals surface area contributed by atoms with Crippen LogP contribution in [0, 0.1) is 0 Å². The lowest BCUT2D eigenvalue weighted by molar-refractivity contribution is -0.116. The highest BCUT2D eigenvalue weighted by molar-refractivity contribution is 6.10. The number of carbonyl (C=O) groups excluding carboxylic acids is 2. The van der Waals surface area contributed by atoms with Crippen LogP contribution in [0.1, 0.15) is 28.4 Å². The highest BCUT2D eigenvalue weighted by Gasteiger charge is 2.22. The summed E-state index contributed by atoms with van der Waals surface area (Å²) in [6.07, 6.45) is 2.26. The van der Waals surface area contributed by atoms with Gasteiger partial charge >= 0.3 is 0 Å². The average molecular weight is 515 g/mol. The number of fused-ring (bicyclic) bond motifs is 2. The van der Waals surface area contributed by atoms with E-state index in [0.29, 0.717) is 39.8 Å². The lowest BCUT2D eigenvalue weighted by Crippen LogP contribution is -2.24. The molecule has 1 aliphatic heterocycles. The number of anilines is 1. The van der Waals surface area contributed by atoms with E-state index in [4.69, 9.17) is 18.9 Å². The molecule has 38 heavy (non-hydrogen) atoms. The molecule has 1 aliphatic rings. The van der Waals surface area contributed by atoms with E-state index in [1.807, 2.05) is 19.1 Å². The van der Waals surface area contributed by atoms with Crippen molar-refractivity contribution in [2.45, 2.75) is 19.9 Å². The molecule has 0 saturated heterocycles. The van der Waals surface area contributed by atoms with Crippen molar-refractivity contribution in [1.29, 1.82) is 0 Å². The van der Waals surface area contributed by atoms with Gasteiger partial charge in [-0.05, 0) is 30.2 Å². The summed E-state index contributed by atoms with van der Waals surface area (Å²) in [5.41, 5.74) is 1.93. The molecule has 1 aromatic heterocycles. The third-order valence-corrected chi connectivity index (χ3v) is 6.42. The molecule has 1 N–H and O–H groups in total. The van der Waals surface area contributed by atoms with Crippen molar-refractivity contribution < 1.29 is 28.5 Å². The second-order valence-corrected chi connectivity index (χ2v) is 8.72. The maximum atomic E-state index is 13.5. The molecule has 2 heterocycles. The summed E-state index contributed by atoms with van der Waals surface area (Å²) >= 11 is 0. The van der Waals surface area contributed by atoms with Gasteiger partial charge in [0.2, 0.25) is 18.1 Å². The molecule has 0 unspecified atom stereocenters. The number of hydrogen-bond donors (Lipinski definition) is 1. The van der Waals surface area contributed by atoms with Crippen molar-refractivity contribution in [2.75, 3.05) is 26.3 Å². The summed E-state index contributed by atoms with van der Waals surface area (Å²) in [5.74, 6) is 1.07. The first-order valence-electron chi connectivity index (χ1n) is 12.0. The molecule has 0 atom stereocenters. The number of ketones is 1. The Balaban J connectivity index is 1.54. The number of nitrogens with zero attached hydrogens (tertiary/aromatic N) is 1. The van der Waals surface area contributed by atoms with Gasteiger partial charge in [-0.15, -0.1) is 0 Å². The number of carbonyl (C=O) groups is 2. The van der Waals surface area contributed by atoms with Crippen molar-refractivity contribution in [2.24, 2.45) is 0 Å². The number of aryl methyl sites for hydroxylation is 1. The van der Waals surface area contributed by atoms with Gasteiger partial charge in [0.05, 0.1) is 30.7 Å². The van der Waals surface area contributed by atoms with Gasteiger partial charge in [0.1, 0.15) is 6.54 Å². The monoisotopic (exact) mass is 514 g/mol. The molecule has 4 aromatic rings. The summed E-state index contributed by atoms with van der Waals surface area (Å²) < 4.78 is 23.1. The van der Waals surface area contributed by atoms with E-state index >= 15 is 0 Å². The molecule has 3 aromatic carbocycles. The second kappa shape index (κ2) is 10.3. The summed E-state index contributed by atoms with van der Waals surface area (Å²) in [4.78, 5) is 40.0.